The third kappa shape index (κ3) is 2.86. The second-order valence-electron chi connectivity index (χ2n) is 7.62. The van der Waals surface area contributed by atoms with Crippen LogP contribution in [0.25, 0.3) is 0 Å². The summed E-state index contributed by atoms with van der Waals surface area (Å²) in [6, 6.07) is 6.63. The lowest BCUT2D eigenvalue weighted by molar-refractivity contribution is -0.384. The molecule has 0 unspecified atom stereocenters. The van der Waals surface area contributed by atoms with Crippen molar-refractivity contribution in [3.63, 3.8) is 0 Å². The summed E-state index contributed by atoms with van der Waals surface area (Å²) in [6.07, 6.45) is 1.21. The van der Waals surface area contributed by atoms with E-state index in [9.17, 15) is 14.9 Å². The lowest BCUT2D eigenvalue weighted by Crippen LogP contribution is -2.67. The number of rotatable bonds is 5. The first-order chi connectivity index (χ1) is 11.7. The van der Waals surface area contributed by atoms with Crippen molar-refractivity contribution < 1.29 is 14.5 Å². The van der Waals surface area contributed by atoms with Gasteiger partial charge in [-0.1, -0.05) is 26.0 Å². The molecule has 1 aromatic rings. The largest absolute Gasteiger partial charge is 0.377 e. The van der Waals surface area contributed by atoms with E-state index >= 15 is 0 Å². The number of benzene rings is 1. The second kappa shape index (κ2) is 6.29. The van der Waals surface area contributed by atoms with Crippen molar-refractivity contribution in [3.8, 4) is 0 Å². The van der Waals surface area contributed by atoms with Gasteiger partial charge in [-0.25, -0.2) is 0 Å². The minimum atomic E-state index is -0.421. The van der Waals surface area contributed by atoms with Crippen LogP contribution in [0.5, 0.6) is 0 Å². The number of fused-ring (bicyclic) bond motifs is 1. The Balaban J connectivity index is 1.71. The van der Waals surface area contributed by atoms with Crippen molar-refractivity contribution in [2.24, 2.45) is 11.3 Å². The topological polar surface area (TPSA) is 75.9 Å². The van der Waals surface area contributed by atoms with Crippen molar-refractivity contribution >= 4 is 17.3 Å². The lowest BCUT2D eigenvalue weighted by Gasteiger charge is -2.57. The molecule has 7 nitrogen and oxygen atoms in total. The molecular weight excluding hydrogens is 322 g/mol. The van der Waals surface area contributed by atoms with Gasteiger partial charge in [0.05, 0.1) is 17.6 Å². The summed E-state index contributed by atoms with van der Waals surface area (Å²) in [5, 5.41) is 11.2. The van der Waals surface area contributed by atoms with Gasteiger partial charge in [0.25, 0.3) is 5.69 Å². The number of anilines is 1. The molecule has 25 heavy (non-hydrogen) atoms. The Morgan fingerprint density at radius 1 is 1.36 bits per heavy atom. The first-order valence-electron chi connectivity index (χ1n) is 8.57. The van der Waals surface area contributed by atoms with Gasteiger partial charge < -0.3 is 14.5 Å². The van der Waals surface area contributed by atoms with Gasteiger partial charge in [-0.05, 0) is 12.5 Å². The minimum absolute atomic E-state index is 0.00804. The number of carbonyl (C=O) groups is 1. The van der Waals surface area contributed by atoms with Crippen molar-refractivity contribution in [2.75, 3.05) is 32.1 Å². The Morgan fingerprint density at radius 2 is 2.04 bits per heavy atom. The summed E-state index contributed by atoms with van der Waals surface area (Å²) >= 11 is 0. The molecule has 3 atom stereocenters. The molecule has 0 radical (unpaired) electrons. The summed E-state index contributed by atoms with van der Waals surface area (Å²) in [6.45, 7) is 5.14. The SMILES string of the molecule is CN(CC(=O)N(C)[C@@H]1[C@H]2CCO[C@@H]2C1(C)C)c1ccccc1[N+](=O)[O-]. The maximum atomic E-state index is 12.8. The predicted molar refractivity (Wildman–Crippen MR) is 94.6 cm³/mol. The van der Waals surface area contributed by atoms with Gasteiger partial charge in [0, 0.05) is 44.1 Å². The van der Waals surface area contributed by atoms with Crippen LogP contribution in [0.1, 0.15) is 20.3 Å². The van der Waals surface area contributed by atoms with Gasteiger partial charge >= 0.3 is 0 Å². The van der Waals surface area contributed by atoms with Crippen LogP contribution in [0, 0.1) is 21.4 Å². The number of carbonyl (C=O) groups excluding carboxylic acids is 1. The van der Waals surface area contributed by atoms with E-state index in [1.807, 2.05) is 7.05 Å². The molecular formula is C18H25N3O4. The molecule has 0 aromatic heterocycles. The molecule has 1 saturated carbocycles. The highest BCUT2D eigenvalue weighted by molar-refractivity contribution is 5.82. The highest BCUT2D eigenvalue weighted by Gasteiger charge is 2.61. The van der Waals surface area contributed by atoms with Gasteiger partial charge in [0.2, 0.25) is 5.91 Å². The zero-order valence-corrected chi connectivity index (χ0v) is 15.1. The molecule has 3 rings (SSSR count). The predicted octanol–water partition coefficient (Wildman–Crippen LogP) is 2.30. The van der Waals surface area contributed by atoms with Crippen molar-refractivity contribution in [1.29, 1.82) is 0 Å². The van der Waals surface area contributed by atoms with E-state index in [1.54, 1.807) is 35.0 Å². The Morgan fingerprint density at radius 3 is 2.72 bits per heavy atom. The van der Waals surface area contributed by atoms with Gasteiger partial charge in [-0.3, -0.25) is 14.9 Å². The summed E-state index contributed by atoms with van der Waals surface area (Å²) < 4.78 is 5.80. The fraction of sp³-hybridized carbons (Fsp3) is 0.611. The molecule has 1 aliphatic heterocycles. The zero-order chi connectivity index (χ0) is 18.4. The first kappa shape index (κ1) is 17.7. The summed E-state index contributed by atoms with van der Waals surface area (Å²) in [4.78, 5) is 27.0. The average Bonchev–Trinajstić information content (AvgIpc) is 3.00. The molecule has 0 N–H and O–H groups in total. The number of para-hydroxylation sites is 2. The van der Waals surface area contributed by atoms with Crippen LogP contribution in [0.3, 0.4) is 0 Å². The van der Waals surface area contributed by atoms with Gasteiger partial charge in [-0.15, -0.1) is 0 Å². The van der Waals surface area contributed by atoms with Gasteiger partial charge in [0.15, 0.2) is 0 Å². The first-order valence-corrected chi connectivity index (χ1v) is 8.57. The fourth-order valence-electron chi connectivity index (χ4n) is 4.58. The molecule has 2 aliphatic rings. The lowest BCUT2D eigenvalue weighted by atomic mass is 9.57. The van der Waals surface area contributed by atoms with Crippen LogP contribution < -0.4 is 4.90 Å². The van der Waals surface area contributed by atoms with E-state index < -0.39 is 4.92 Å². The van der Waals surface area contributed by atoms with Crippen LogP contribution in [0.2, 0.25) is 0 Å². The van der Waals surface area contributed by atoms with E-state index in [-0.39, 0.29) is 35.7 Å². The molecule has 7 heteroatoms. The third-order valence-corrected chi connectivity index (χ3v) is 5.71. The molecule has 0 bridgehead atoms. The number of likely N-dealkylation sites (N-methyl/N-ethyl adjacent to an activating group) is 2. The molecule has 136 valence electrons. The second-order valence-corrected chi connectivity index (χ2v) is 7.62. The Bertz CT molecular complexity index is 691. The van der Waals surface area contributed by atoms with E-state index in [2.05, 4.69) is 13.8 Å². The van der Waals surface area contributed by atoms with Gasteiger partial charge in [0.1, 0.15) is 5.69 Å². The van der Waals surface area contributed by atoms with Gasteiger partial charge in [-0.2, -0.15) is 0 Å². The quantitative estimate of drug-likeness (QED) is 0.603. The molecule has 1 heterocycles. The number of hydrogen-bond acceptors (Lipinski definition) is 5. The third-order valence-electron chi connectivity index (χ3n) is 5.71. The number of amides is 1. The van der Waals surface area contributed by atoms with Crippen LogP contribution in [-0.2, 0) is 9.53 Å². The Labute approximate surface area is 147 Å². The smallest absolute Gasteiger partial charge is 0.292 e. The summed E-state index contributed by atoms with van der Waals surface area (Å²) in [7, 11) is 3.54. The number of nitro benzene ring substituents is 1. The van der Waals surface area contributed by atoms with E-state index in [0.29, 0.717) is 11.6 Å². The minimum Gasteiger partial charge on any atom is -0.377 e. The van der Waals surface area contributed by atoms with Crippen LogP contribution in [-0.4, -0.2) is 55.1 Å². The Kier molecular flexibility index (Phi) is 4.45. The number of hydrogen-bond donors (Lipinski definition) is 0. The monoisotopic (exact) mass is 347 g/mol. The highest BCUT2D eigenvalue weighted by atomic mass is 16.6. The van der Waals surface area contributed by atoms with E-state index in [1.165, 1.54) is 6.07 Å². The molecule has 1 aliphatic carbocycles. The highest BCUT2D eigenvalue weighted by Crippen LogP contribution is 2.54. The molecule has 1 saturated heterocycles. The van der Waals surface area contributed by atoms with Crippen molar-refractivity contribution in [3.05, 3.63) is 34.4 Å². The summed E-state index contributed by atoms with van der Waals surface area (Å²) in [5.41, 5.74) is 0.390. The number of nitro groups is 1. The molecule has 1 aromatic carbocycles. The fourth-order valence-corrected chi connectivity index (χ4v) is 4.58. The standard InChI is InChI=1S/C18H25N3O4/c1-18(2)16(12-9-10-25-17(12)18)20(4)15(22)11-19(3)13-7-5-6-8-14(13)21(23)24/h5-8,12,16-17H,9-11H2,1-4H3/t12-,16-,17+/m1/s1. The van der Waals surface area contributed by atoms with E-state index in [4.69, 9.17) is 4.74 Å². The summed E-state index contributed by atoms with van der Waals surface area (Å²) in [5.74, 6) is 0.351. The maximum Gasteiger partial charge on any atom is 0.292 e. The maximum absolute atomic E-state index is 12.8. The number of nitrogens with zero attached hydrogens (tertiary/aromatic N) is 3. The van der Waals surface area contributed by atoms with E-state index in [0.717, 1.165) is 13.0 Å². The van der Waals surface area contributed by atoms with Crippen molar-refractivity contribution in [2.45, 2.75) is 32.4 Å². The molecule has 1 amide bonds. The zero-order valence-electron chi connectivity index (χ0n) is 15.1. The van der Waals surface area contributed by atoms with Crippen molar-refractivity contribution in [1.82, 2.24) is 4.90 Å². The molecule has 0 spiro atoms. The number of ether oxygens (including phenoxy) is 1. The average molecular weight is 347 g/mol. The Hall–Kier alpha value is -2.15. The van der Waals surface area contributed by atoms with Crippen LogP contribution >= 0.6 is 0 Å². The van der Waals surface area contributed by atoms with Crippen LogP contribution in [0.4, 0.5) is 11.4 Å². The normalized spacial score (nSPS) is 26.5. The van der Waals surface area contributed by atoms with Crippen LogP contribution in [0.15, 0.2) is 24.3 Å². The molecule has 2 fully saturated rings.